The largest absolute Gasteiger partial charge is 0.353 e. The molecule has 96 valence electrons. The molecule has 1 rings (SSSR count). The summed E-state index contributed by atoms with van der Waals surface area (Å²) in [6.07, 6.45) is 1.95. The van der Waals surface area contributed by atoms with Crippen molar-refractivity contribution >= 4 is 18.3 Å². The van der Waals surface area contributed by atoms with Gasteiger partial charge in [-0.15, -0.1) is 12.4 Å². The Hall–Kier alpha value is -0.320. The number of halogens is 1. The maximum absolute atomic E-state index is 11.7. The summed E-state index contributed by atoms with van der Waals surface area (Å²) in [7, 11) is 0. The molecule has 1 aliphatic heterocycles. The van der Waals surface area contributed by atoms with Crippen LogP contribution >= 0.6 is 12.4 Å². The summed E-state index contributed by atoms with van der Waals surface area (Å²) in [6.45, 7) is 8.55. The molecule has 5 heteroatoms. The number of piperazine rings is 1. The lowest BCUT2D eigenvalue weighted by atomic mass is 10.0. The van der Waals surface area contributed by atoms with Gasteiger partial charge >= 0.3 is 0 Å². The first kappa shape index (κ1) is 15.7. The number of rotatable bonds is 4. The third-order valence-corrected chi connectivity index (χ3v) is 2.61. The standard InChI is InChI=1S/C11H23N3O.ClH/c1-4-5-9-10(15)13-6-7-14(9)8-11(2,3)12;/h9H,4-8,12H2,1-3H3,(H,13,15);1H. The van der Waals surface area contributed by atoms with Gasteiger partial charge in [-0.3, -0.25) is 9.69 Å². The molecule has 1 saturated heterocycles. The molecular formula is C11H24ClN3O. The molecule has 3 N–H and O–H groups in total. The molecule has 0 aromatic rings. The second-order valence-corrected chi connectivity index (χ2v) is 5.05. The molecule has 4 nitrogen and oxygen atoms in total. The SMILES string of the molecule is CCCC1C(=O)NCCN1CC(C)(C)N.Cl. The van der Waals surface area contributed by atoms with Gasteiger partial charge in [0, 0.05) is 25.2 Å². The normalized spacial score (nSPS) is 22.5. The fourth-order valence-corrected chi connectivity index (χ4v) is 2.06. The molecular weight excluding hydrogens is 226 g/mol. The van der Waals surface area contributed by atoms with E-state index in [1.807, 2.05) is 13.8 Å². The predicted molar refractivity (Wildman–Crippen MR) is 68.8 cm³/mol. The summed E-state index contributed by atoms with van der Waals surface area (Å²) in [5.41, 5.74) is 5.76. The van der Waals surface area contributed by atoms with E-state index in [0.717, 1.165) is 32.5 Å². The van der Waals surface area contributed by atoms with Crippen LogP contribution in [0.5, 0.6) is 0 Å². The van der Waals surface area contributed by atoms with Gasteiger partial charge in [0.05, 0.1) is 6.04 Å². The van der Waals surface area contributed by atoms with Crippen LogP contribution in [0.15, 0.2) is 0 Å². The second kappa shape index (κ2) is 6.42. The van der Waals surface area contributed by atoms with E-state index in [9.17, 15) is 4.79 Å². The van der Waals surface area contributed by atoms with E-state index in [1.165, 1.54) is 0 Å². The van der Waals surface area contributed by atoms with E-state index in [2.05, 4.69) is 17.1 Å². The minimum atomic E-state index is -0.233. The van der Waals surface area contributed by atoms with Crippen LogP contribution in [-0.4, -0.2) is 42.0 Å². The van der Waals surface area contributed by atoms with Gasteiger partial charge in [-0.1, -0.05) is 13.3 Å². The summed E-state index contributed by atoms with van der Waals surface area (Å²) in [5, 5.41) is 2.91. The molecule has 16 heavy (non-hydrogen) atoms. The second-order valence-electron chi connectivity index (χ2n) is 5.05. The zero-order chi connectivity index (χ0) is 11.5. The Morgan fingerprint density at radius 1 is 1.56 bits per heavy atom. The van der Waals surface area contributed by atoms with Crippen molar-refractivity contribution in [1.29, 1.82) is 0 Å². The Morgan fingerprint density at radius 2 is 2.19 bits per heavy atom. The predicted octanol–water partition coefficient (Wildman–Crippen LogP) is 0.746. The number of nitrogens with zero attached hydrogens (tertiary/aromatic N) is 1. The van der Waals surface area contributed by atoms with Crippen LogP contribution in [0.4, 0.5) is 0 Å². The van der Waals surface area contributed by atoms with Crippen molar-refractivity contribution in [1.82, 2.24) is 10.2 Å². The van der Waals surface area contributed by atoms with Gasteiger partial charge in [-0.2, -0.15) is 0 Å². The molecule has 0 aromatic carbocycles. The third-order valence-electron chi connectivity index (χ3n) is 2.61. The van der Waals surface area contributed by atoms with Gasteiger partial charge in [0.2, 0.25) is 5.91 Å². The number of hydrogen-bond acceptors (Lipinski definition) is 3. The highest BCUT2D eigenvalue weighted by molar-refractivity contribution is 5.85. The summed E-state index contributed by atoms with van der Waals surface area (Å²) >= 11 is 0. The summed E-state index contributed by atoms with van der Waals surface area (Å²) < 4.78 is 0. The highest BCUT2D eigenvalue weighted by Crippen LogP contribution is 2.13. The molecule has 1 atom stereocenters. The van der Waals surface area contributed by atoms with Gasteiger partial charge in [-0.05, 0) is 20.3 Å². The Balaban J connectivity index is 0.00000225. The molecule has 0 radical (unpaired) electrons. The number of carbonyl (C=O) groups excluding carboxylic acids is 1. The molecule has 1 unspecified atom stereocenters. The Bertz CT molecular complexity index is 228. The van der Waals surface area contributed by atoms with Gasteiger partial charge in [0.1, 0.15) is 0 Å². The van der Waals surface area contributed by atoms with Gasteiger partial charge in [0.25, 0.3) is 0 Å². The Labute approximate surface area is 104 Å². The molecule has 0 aliphatic carbocycles. The lowest BCUT2D eigenvalue weighted by Crippen LogP contribution is -2.59. The first-order chi connectivity index (χ1) is 6.94. The first-order valence-corrected chi connectivity index (χ1v) is 5.74. The van der Waals surface area contributed by atoms with E-state index >= 15 is 0 Å². The average Bonchev–Trinajstić information content (AvgIpc) is 2.08. The topological polar surface area (TPSA) is 58.4 Å². The van der Waals surface area contributed by atoms with E-state index < -0.39 is 0 Å². The maximum Gasteiger partial charge on any atom is 0.237 e. The smallest absolute Gasteiger partial charge is 0.237 e. The number of nitrogens with two attached hydrogens (primary N) is 1. The quantitative estimate of drug-likeness (QED) is 0.773. The van der Waals surface area contributed by atoms with Crippen LogP contribution in [0, 0.1) is 0 Å². The zero-order valence-electron chi connectivity index (χ0n) is 10.5. The molecule has 1 amide bonds. The van der Waals surface area contributed by atoms with Crippen LogP contribution < -0.4 is 11.1 Å². The van der Waals surface area contributed by atoms with Gasteiger partial charge in [0.15, 0.2) is 0 Å². The van der Waals surface area contributed by atoms with Crippen molar-refractivity contribution in [3.05, 3.63) is 0 Å². The van der Waals surface area contributed by atoms with E-state index in [0.29, 0.717) is 0 Å². The molecule has 0 spiro atoms. The van der Waals surface area contributed by atoms with Gasteiger partial charge in [-0.25, -0.2) is 0 Å². The molecule has 0 bridgehead atoms. The average molecular weight is 250 g/mol. The van der Waals surface area contributed by atoms with Crippen LogP contribution in [-0.2, 0) is 4.79 Å². The van der Waals surface area contributed by atoms with Crippen molar-refractivity contribution in [3.8, 4) is 0 Å². The lowest BCUT2D eigenvalue weighted by Gasteiger charge is -2.38. The Kier molecular flexibility index (Phi) is 6.30. The van der Waals surface area contributed by atoms with E-state index in [1.54, 1.807) is 0 Å². The highest BCUT2D eigenvalue weighted by atomic mass is 35.5. The molecule has 0 saturated carbocycles. The van der Waals surface area contributed by atoms with Crippen molar-refractivity contribution in [3.63, 3.8) is 0 Å². The van der Waals surface area contributed by atoms with Crippen LogP contribution in [0.25, 0.3) is 0 Å². The highest BCUT2D eigenvalue weighted by Gasteiger charge is 2.31. The fraction of sp³-hybridized carbons (Fsp3) is 0.909. The fourth-order valence-electron chi connectivity index (χ4n) is 2.06. The number of amides is 1. The van der Waals surface area contributed by atoms with Crippen LogP contribution in [0.3, 0.4) is 0 Å². The van der Waals surface area contributed by atoms with Crippen molar-refractivity contribution in [2.24, 2.45) is 5.73 Å². The van der Waals surface area contributed by atoms with E-state index in [4.69, 9.17) is 5.73 Å². The van der Waals surface area contributed by atoms with Crippen LogP contribution in [0.1, 0.15) is 33.6 Å². The molecule has 1 heterocycles. The Morgan fingerprint density at radius 3 is 2.69 bits per heavy atom. The van der Waals surface area contributed by atoms with Crippen molar-refractivity contribution in [2.75, 3.05) is 19.6 Å². The number of nitrogens with one attached hydrogen (secondary N) is 1. The lowest BCUT2D eigenvalue weighted by molar-refractivity contribution is -0.129. The molecule has 1 aliphatic rings. The van der Waals surface area contributed by atoms with Crippen molar-refractivity contribution < 1.29 is 4.79 Å². The van der Waals surface area contributed by atoms with Crippen molar-refractivity contribution in [2.45, 2.75) is 45.2 Å². The minimum Gasteiger partial charge on any atom is -0.353 e. The molecule has 0 aromatic heterocycles. The third kappa shape index (κ3) is 4.68. The summed E-state index contributed by atoms with van der Waals surface area (Å²) in [4.78, 5) is 13.9. The monoisotopic (exact) mass is 249 g/mol. The number of carbonyl (C=O) groups is 1. The molecule has 1 fully saturated rings. The first-order valence-electron chi connectivity index (χ1n) is 5.74. The van der Waals surface area contributed by atoms with E-state index in [-0.39, 0.29) is 29.9 Å². The maximum atomic E-state index is 11.7. The summed E-state index contributed by atoms with van der Waals surface area (Å²) in [6, 6.07) is 0.0200. The minimum absolute atomic E-state index is 0. The van der Waals surface area contributed by atoms with Crippen LogP contribution in [0.2, 0.25) is 0 Å². The zero-order valence-corrected chi connectivity index (χ0v) is 11.3. The number of hydrogen-bond donors (Lipinski definition) is 2. The van der Waals surface area contributed by atoms with Gasteiger partial charge < -0.3 is 11.1 Å². The summed E-state index contributed by atoms with van der Waals surface area (Å²) in [5.74, 6) is 0.160.